The Labute approximate surface area is 583 Å². The molecule has 3 saturated carbocycles. The van der Waals surface area contributed by atoms with E-state index in [-0.39, 0.29) is 85.1 Å². The molecular weight excluding hydrogens is 1260 g/mol. The molecule has 0 amide bonds. The maximum Gasteiger partial charge on any atom is 1.00 e. The fourth-order valence-corrected chi connectivity index (χ4v) is 16.9. The second-order valence-electron chi connectivity index (χ2n) is 29.7. The minimum Gasteiger partial charge on any atom is -0.691 e. The molecule has 0 aromatic heterocycles. The van der Waals surface area contributed by atoms with Crippen LogP contribution < -0.4 is 57.5 Å². The van der Waals surface area contributed by atoms with E-state index >= 15 is 0 Å². The Morgan fingerprint density at radius 3 is 1.33 bits per heavy atom. The number of aromatic hydroxyl groups is 2. The molecule has 500 valence electrons. The molecule has 6 aliphatic rings. The van der Waals surface area contributed by atoms with Gasteiger partial charge in [-0.25, -0.2) is 0 Å². The fourth-order valence-electron chi connectivity index (χ4n) is 14.3. The molecule has 6 aromatic carbocycles. The zero-order valence-corrected chi connectivity index (χ0v) is 63.4. The molecule has 0 spiro atoms. The SMILES string of the molecule is CC12CCc3c(cc(O)c4cc(OSOO[O-])ccc34)C1CCC2=O.CC12CCc3c(cc(O[Si](C)(C)C(C)(C)C)c4cc(O)ccc34)C1CCC2=O.CCCC.CCNOOOSOc1ccc2c3c(cc(O[Si](C)(C)C(C)(C)C)c2c1)C1CCC(=O)C1(C)CC3.[Na+]. The Kier molecular flexibility index (Phi) is 23.9. The van der Waals surface area contributed by atoms with E-state index in [2.05, 4.69) is 145 Å². The Bertz CT molecular complexity index is 3720. The second kappa shape index (κ2) is 29.9. The van der Waals surface area contributed by atoms with Crippen LogP contribution in [0.15, 0.2) is 72.8 Å². The van der Waals surface area contributed by atoms with Crippen molar-refractivity contribution in [3.05, 3.63) is 106 Å². The number of unbranched alkanes of at least 4 members (excludes halogenated alkanes) is 1. The molecule has 3 fully saturated rings. The average Bonchev–Trinajstić information content (AvgIpc) is 1.73. The van der Waals surface area contributed by atoms with E-state index in [1.165, 1.54) is 51.4 Å². The standard InChI is InChI=1S/C26H37NO6SSi.C24H32O3Si.C18H18O6S.C4H10.Na/c1-8-27-31-32-33-34-29-17-9-10-18-19-13-14-26(5)22(11-12-24(26)28)20(19)16-23(21(18)15-17)30-35(6,7)25(2,3)4;1-23(2,3)28(5,6)27-21-14-18-17(16-8-7-15(25)13-19(16)21)11-12-24(4)20(18)9-10-22(24)26;1-18-7-6-12-11-3-2-10(22-25-24-23-21)8-14(11)16(19)9-13(12)15(18)4-5-17(18)20;1-3-4-2;/h9-10,15-16,22,27H,8,11-14H2,1-7H3;7-8,13-14,20,25H,9-12H2,1-6H3;2-3,8-9,15,19,21H,4-7H2,1H3;3-4H2,1-2H3;/q;;;;+1/p-1. The van der Waals surface area contributed by atoms with Gasteiger partial charge in [-0.05, 0) is 221 Å². The Morgan fingerprint density at radius 1 is 0.538 bits per heavy atom. The summed E-state index contributed by atoms with van der Waals surface area (Å²) in [5, 5.41) is 44.4. The topological polar surface area (TPSA) is 210 Å². The van der Waals surface area contributed by atoms with Crippen LogP contribution in [0, 0.1) is 16.2 Å². The molecule has 0 heterocycles. The number of hydrogen-bond donors (Lipinski definition) is 3. The van der Waals surface area contributed by atoms with Crippen molar-refractivity contribution >= 4 is 90.9 Å². The van der Waals surface area contributed by atoms with E-state index < -0.39 is 16.6 Å². The van der Waals surface area contributed by atoms with Crippen molar-refractivity contribution in [2.45, 2.75) is 227 Å². The smallest absolute Gasteiger partial charge is 0.691 e. The number of nitrogens with one attached hydrogen (secondary N) is 1. The number of Topliss-reactive ketones (excluding diaryl/α,β-unsaturated/α-hetero) is 3. The maximum absolute atomic E-state index is 12.8. The molecule has 12 rings (SSSR count). The summed E-state index contributed by atoms with van der Waals surface area (Å²) < 4.78 is 33.4. The largest absolute Gasteiger partial charge is 1.00 e. The molecule has 0 aliphatic heterocycles. The number of hydrogen-bond acceptors (Lipinski definition) is 18. The number of phenolic OH excluding ortho intramolecular Hbond substituents is 2. The molecule has 3 N–H and O–H groups in total. The number of hydroxylamine groups is 1. The quantitative estimate of drug-likeness (QED) is 0.0270. The van der Waals surface area contributed by atoms with Crippen LogP contribution in [0.5, 0.6) is 34.5 Å². The predicted octanol–water partition coefficient (Wildman–Crippen LogP) is 15.2. The number of rotatable bonds is 16. The third-order valence-electron chi connectivity index (χ3n) is 22.1. The molecule has 6 aromatic rings. The van der Waals surface area contributed by atoms with Gasteiger partial charge >= 0.3 is 29.6 Å². The van der Waals surface area contributed by atoms with E-state index in [1.807, 2.05) is 37.3 Å². The van der Waals surface area contributed by atoms with E-state index in [0.717, 1.165) is 91.0 Å². The summed E-state index contributed by atoms with van der Waals surface area (Å²) in [7, 11) is -4.16. The third-order valence-corrected chi connectivity index (χ3v) is 31.6. The Hall–Kier alpha value is -4.24. The minimum absolute atomic E-state index is 0. The molecule has 6 unspecified atom stereocenters. The van der Waals surface area contributed by atoms with Gasteiger partial charge in [0.25, 0.3) is 41.3 Å². The number of aryl methyl sites for hydroxylation is 3. The summed E-state index contributed by atoms with van der Waals surface area (Å²) >= 11 is 1.08. The van der Waals surface area contributed by atoms with Crippen LogP contribution in [-0.2, 0) is 57.4 Å². The molecule has 0 radical (unpaired) electrons. The van der Waals surface area contributed by atoms with Crippen LogP contribution in [0.3, 0.4) is 0 Å². The summed E-state index contributed by atoms with van der Waals surface area (Å²) in [5.74, 6) is 5.09. The molecular formula is C72H96NNaO15S2Si2. The fraction of sp³-hybridized carbons (Fsp3) is 0.542. The van der Waals surface area contributed by atoms with Crippen molar-refractivity contribution in [2.24, 2.45) is 16.2 Å². The van der Waals surface area contributed by atoms with E-state index in [1.54, 1.807) is 24.3 Å². The summed E-state index contributed by atoms with van der Waals surface area (Å²) in [6.07, 6.45) is 12.6. The van der Waals surface area contributed by atoms with Crippen LogP contribution in [0.2, 0.25) is 36.3 Å². The number of ketones is 3. The van der Waals surface area contributed by atoms with Gasteiger partial charge in [-0.1, -0.05) is 118 Å². The first-order valence-corrected chi connectivity index (χ1v) is 40.0. The van der Waals surface area contributed by atoms with Crippen LogP contribution in [-0.4, -0.2) is 50.7 Å². The van der Waals surface area contributed by atoms with Crippen LogP contribution in [0.4, 0.5) is 0 Å². The van der Waals surface area contributed by atoms with Crippen molar-refractivity contribution in [1.29, 1.82) is 0 Å². The van der Waals surface area contributed by atoms with Crippen LogP contribution >= 0.6 is 24.6 Å². The molecule has 0 saturated heterocycles. The number of phenols is 2. The first-order chi connectivity index (χ1) is 43.4. The van der Waals surface area contributed by atoms with Crippen molar-refractivity contribution in [1.82, 2.24) is 5.48 Å². The van der Waals surface area contributed by atoms with E-state index in [9.17, 15) is 29.9 Å². The molecule has 93 heavy (non-hydrogen) atoms. The zero-order chi connectivity index (χ0) is 66.9. The Morgan fingerprint density at radius 2 is 0.925 bits per heavy atom. The number of fused-ring (bicyclic) bond motifs is 15. The van der Waals surface area contributed by atoms with Gasteiger partial charge < -0.3 is 32.7 Å². The molecule has 21 heteroatoms. The van der Waals surface area contributed by atoms with Crippen LogP contribution in [0.1, 0.15) is 205 Å². The van der Waals surface area contributed by atoms with Gasteiger partial charge in [0.2, 0.25) is 0 Å². The maximum atomic E-state index is 12.8. The first-order valence-electron chi connectivity index (χ1n) is 32.9. The van der Waals surface area contributed by atoms with Crippen molar-refractivity contribution in [3.63, 3.8) is 0 Å². The summed E-state index contributed by atoms with van der Waals surface area (Å²) in [5.41, 5.74) is 9.26. The van der Waals surface area contributed by atoms with E-state index in [0.29, 0.717) is 84.7 Å². The predicted molar refractivity (Wildman–Crippen MR) is 367 cm³/mol. The summed E-state index contributed by atoms with van der Waals surface area (Å²) in [4.78, 5) is 42.4. The third kappa shape index (κ3) is 15.2. The molecule has 16 nitrogen and oxygen atoms in total. The zero-order valence-electron chi connectivity index (χ0n) is 57.8. The molecule has 6 atom stereocenters. The monoisotopic (exact) mass is 1360 g/mol. The summed E-state index contributed by atoms with van der Waals surface area (Å²) in [6.45, 7) is 35.6. The first kappa shape index (κ1) is 74.6. The van der Waals surface area contributed by atoms with Crippen LogP contribution in [0.25, 0.3) is 32.3 Å². The molecule has 0 bridgehead atoms. The van der Waals surface area contributed by atoms with Gasteiger partial charge in [0.1, 0.15) is 51.8 Å². The van der Waals surface area contributed by atoms with Gasteiger partial charge in [-0.15, -0.1) is 9.32 Å². The normalized spacial score (nSPS) is 22.9. The molecule has 6 aliphatic carbocycles. The average molecular weight is 1360 g/mol. The summed E-state index contributed by atoms with van der Waals surface area (Å²) in [6, 6.07) is 23.2. The van der Waals surface area contributed by atoms with Gasteiger partial charge in [0.15, 0.2) is 0 Å². The van der Waals surface area contributed by atoms with Gasteiger partial charge in [0.05, 0.1) is 0 Å². The minimum atomic E-state index is -2.12. The Balaban J connectivity index is 0.000000175. The number of benzene rings is 6. The van der Waals surface area contributed by atoms with Gasteiger partial charge in [-0.3, -0.25) is 19.4 Å². The number of carbonyl (C=O) groups is 3. The van der Waals surface area contributed by atoms with Crippen molar-refractivity contribution < 1.29 is 100 Å². The van der Waals surface area contributed by atoms with Crippen molar-refractivity contribution in [3.8, 4) is 34.5 Å². The van der Waals surface area contributed by atoms with Gasteiger partial charge in [-0.2, -0.15) is 5.48 Å². The van der Waals surface area contributed by atoms with Gasteiger partial charge in [0, 0.05) is 58.2 Å². The second-order valence-corrected chi connectivity index (χ2v) is 40.0. The van der Waals surface area contributed by atoms with Crippen molar-refractivity contribution in [2.75, 3.05) is 6.54 Å². The van der Waals surface area contributed by atoms with E-state index in [4.69, 9.17) is 21.6 Å². The number of carbonyl (C=O) groups excluding carboxylic acids is 3.